The molecule has 0 unspecified atom stereocenters. The quantitative estimate of drug-likeness (QED) is 0.439. The summed E-state index contributed by atoms with van der Waals surface area (Å²) in [5, 5.41) is 11.4. The maximum absolute atomic E-state index is 10.4. The number of fused-ring (bicyclic) bond motifs is 2. The van der Waals surface area contributed by atoms with E-state index in [0.717, 1.165) is 83.6 Å². The first-order valence-corrected chi connectivity index (χ1v) is 13.6. The van der Waals surface area contributed by atoms with Gasteiger partial charge in [0, 0.05) is 13.1 Å². The Labute approximate surface area is 214 Å². The van der Waals surface area contributed by atoms with Gasteiger partial charge in [-0.25, -0.2) is 9.97 Å². The van der Waals surface area contributed by atoms with E-state index >= 15 is 0 Å². The molecule has 0 bridgehead atoms. The third-order valence-corrected chi connectivity index (χ3v) is 8.39. The van der Waals surface area contributed by atoms with Crippen LogP contribution in [0.5, 0.6) is 0 Å². The standard InChI is InChI=1S/C26H33N7O2S/c1-17-27-19-6-4-5-7-20(19)33(17)25-29-23(32-12-14-35-15-13-32)22-24(30-25)36-21(28-22)16-31-10-8-18(9-11-31)26(2,3)34/h4-7,18,34H,8-16H2,1-3H3. The summed E-state index contributed by atoms with van der Waals surface area (Å²) in [6, 6.07) is 8.11. The Bertz CT molecular complexity index is 1380. The van der Waals surface area contributed by atoms with Crippen molar-refractivity contribution in [2.75, 3.05) is 44.3 Å². The van der Waals surface area contributed by atoms with Crippen molar-refractivity contribution >= 4 is 38.5 Å². The molecule has 0 radical (unpaired) electrons. The minimum absolute atomic E-state index is 0.346. The van der Waals surface area contributed by atoms with Crippen LogP contribution in [0.2, 0.25) is 0 Å². The molecule has 0 amide bonds. The van der Waals surface area contributed by atoms with E-state index in [1.54, 1.807) is 11.3 Å². The zero-order chi connectivity index (χ0) is 24.9. The number of para-hydroxylation sites is 2. The predicted octanol–water partition coefficient (Wildman–Crippen LogP) is 3.55. The van der Waals surface area contributed by atoms with E-state index in [4.69, 9.17) is 24.7 Å². The fourth-order valence-electron chi connectivity index (χ4n) is 5.39. The summed E-state index contributed by atoms with van der Waals surface area (Å²) in [4.78, 5) is 25.5. The van der Waals surface area contributed by atoms with E-state index in [1.165, 1.54) is 0 Å². The average molecular weight is 508 g/mol. The van der Waals surface area contributed by atoms with Gasteiger partial charge in [0.2, 0.25) is 5.95 Å². The molecule has 0 atom stereocenters. The zero-order valence-corrected chi connectivity index (χ0v) is 22.0. The van der Waals surface area contributed by atoms with Gasteiger partial charge in [-0.05, 0) is 64.8 Å². The van der Waals surface area contributed by atoms with E-state index in [0.29, 0.717) is 25.1 Å². The van der Waals surface area contributed by atoms with Gasteiger partial charge in [0.1, 0.15) is 16.3 Å². The van der Waals surface area contributed by atoms with Crippen LogP contribution < -0.4 is 4.90 Å². The van der Waals surface area contributed by atoms with Crippen LogP contribution in [0.3, 0.4) is 0 Å². The Kier molecular flexibility index (Phi) is 6.15. The number of anilines is 1. The van der Waals surface area contributed by atoms with E-state index in [2.05, 4.69) is 15.9 Å². The topological polar surface area (TPSA) is 92.4 Å². The number of aliphatic hydroxyl groups is 1. The number of morpholine rings is 1. The first-order chi connectivity index (χ1) is 17.4. The second-order valence-corrected chi connectivity index (χ2v) is 11.5. The van der Waals surface area contributed by atoms with E-state index in [1.807, 2.05) is 43.5 Å². The molecule has 2 saturated heterocycles. The van der Waals surface area contributed by atoms with Crippen molar-refractivity contribution in [1.82, 2.24) is 29.4 Å². The van der Waals surface area contributed by atoms with Crippen LogP contribution in [0, 0.1) is 12.8 Å². The monoisotopic (exact) mass is 507 g/mol. The molecule has 1 N–H and O–H groups in total. The summed E-state index contributed by atoms with van der Waals surface area (Å²) in [5.74, 6) is 2.72. The normalized spacial score (nSPS) is 18.5. The van der Waals surface area contributed by atoms with Gasteiger partial charge in [-0.15, -0.1) is 0 Å². The van der Waals surface area contributed by atoms with Gasteiger partial charge in [-0.3, -0.25) is 9.47 Å². The maximum Gasteiger partial charge on any atom is 0.239 e. The average Bonchev–Trinajstić information content (AvgIpc) is 3.43. The molecule has 36 heavy (non-hydrogen) atoms. The van der Waals surface area contributed by atoms with Gasteiger partial charge in [0.15, 0.2) is 10.6 Å². The van der Waals surface area contributed by atoms with E-state index < -0.39 is 5.60 Å². The summed E-state index contributed by atoms with van der Waals surface area (Å²) in [6.45, 7) is 11.5. The minimum atomic E-state index is -0.614. The fourth-order valence-corrected chi connectivity index (χ4v) is 6.36. The number of aryl methyl sites for hydroxylation is 1. The summed E-state index contributed by atoms with van der Waals surface area (Å²) < 4.78 is 7.65. The van der Waals surface area contributed by atoms with Crippen LogP contribution >= 0.6 is 11.3 Å². The molecular weight excluding hydrogens is 474 g/mol. The minimum Gasteiger partial charge on any atom is -0.390 e. The first-order valence-electron chi connectivity index (χ1n) is 12.8. The Morgan fingerprint density at radius 1 is 1.03 bits per heavy atom. The highest BCUT2D eigenvalue weighted by Gasteiger charge is 2.31. The lowest BCUT2D eigenvalue weighted by Gasteiger charge is -2.37. The largest absolute Gasteiger partial charge is 0.390 e. The molecule has 0 saturated carbocycles. The number of hydrogen-bond donors (Lipinski definition) is 1. The number of aromatic nitrogens is 5. The van der Waals surface area contributed by atoms with Crippen LogP contribution in [-0.4, -0.2) is 79.5 Å². The second kappa shape index (κ2) is 9.33. The van der Waals surface area contributed by atoms with Crippen molar-refractivity contribution in [3.05, 3.63) is 35.1 Å². The van der Waals surface area contributed by atoms with Crippen molar-refractivity contribution < 1.29 is 9.84 Å². The molecule has 9 nitrogen and oxygen atoms in total. The third-order valence-electron chi connectivity index (χ3n) is 7.46. The molecule has 0 spiro atoms. The molecule has 5 heterocycles. The number of thiazole rings is 1. The molecule has 2 fully saturated rings. The summed E-state index contributed by atoms with van der Waals surface area (Å²) in [5.41, 5.74) is 2.19. The fraction of sp³-hybridized carbons (Fsp3) is 0.538. The molecule has 3 aromatic heterocycles. The highest BCUT2D eigenvalue weighted by molar-refractivity contribution is 7.18. The molecule has 2 aliphatic heterocycles. The molecular formula is C26H33N7O2S. The smallest absolute Gasteiger partial charge is 0.239 e. The highest BCUT2D eigenvalue weighted by atomic mass is 32.1. The lowest BCUT2D eigenvalue weighted by molar-refractivity contribution is -0.0136. The number of piperidine rings is 1. The van der Waals surface area contributed by atoms with Gasteiger partial charge < -0.3 is 14.7 Å². The van der Waals surface area contributed by atoms with Gasteiger partial charge in [0.25, 0.3) is 0 Å². The number of rotatable bonds is 5. The molecule has 0 aliphatic carbocycles. The third kappa shape index (κ3) is 4.47. The summed E-state index contributed by atoms with van der Waals surface area (Å²) in [6.07, 6.45) is 2.01. The van der Waals surface area contributed by atoms with Crippen molar-refractivity contribution in [3.8, 4) is 5.95 Å². The van der Waals surface area contributed by atoms with Crippen molar-refractivity contribution in [2.24, 2.45) is 5.92 Å². The molecule has 6 rings (SSSR count). The van der Waals surface area contributed by atoms with Crippen molar-refractivity contribution in [2.45, 2.75) is 45.8 Å². The molecule has 2 aliphatic rings. The maximum atomic E-state index is 10.4. The Balaban J connectivity index is 1.36. The van der Waals surface area contributed by atoms with Gasteiger partial charge in [-0.2, -0.15) is 9.97 Å². The van der Waals surface area contributed by atoms with Gasteiger partial charge in [-0.1, -0.05) is 23.5 Å². The van der Waals surface area contributed by atoms with Crippen LogP contribution in [0.4, 0.5) is 5.82 Å². The number of hydrogen-bond acceptors (Lipinski definition) is 9. The van der Waals surface area contributed by atoms with Crippen LogP contribution in [0.1, 0.15) is 37.5 Å². The Morgan fingerprint density at radius 2 is 1.78 bits per heavy atom. The predicted molar refractivity (Wildman–Crippen MR) is 142 cm³/mol. The molecule has 10 heteroatoms. The number of likely N-dealkylation sites (tertiary alicyclic amines) is 1. The molecule has 4 aromatic rings. The van der Waals surface area contributed by atoms with Crippen LogP contribution in [0.25, 0.3) is 27.3 Å². The lowest BCUT2D eigenvalue weighted by atomic mass is 9.83. The lowest BCUT2D eigenvalue weighted by Crippen LogP contribution is -2.41. The zero-order valence-electron chi connectivity index (χ0n) is 21.1. The Hall–Kier alpha value is -2.66. The van der Waals surface area contributed by atoms with E-state index in [9.17, 15) is 5.11 Å². The number of imidazole rings is 1. The van der Waals surface area contributed by atoms with Crippen LogP contribution in [0.15, 0.2) is 24.3 Å². The van der Waals surface area contributed by atoms with Gasteiger partial charge in [0.05, 0.1) is 36.4 Å². The highest BCUT2D eigenvalue weighted by Crippen LogP contribution is 2.33. The summed E-state index contributed by atoms with van der Waals surface area (Å²) in [7, 11) is 0. The Morgan fingerprint density at radius 3 is 2.53 bits per heavy atom. The molecule has 1 aromatic carbocycles. The van der Waals surface area contributed by atoms with E-state index in [-0.39, 0.29) is 0 Å². The molecule has 190 valence electrons. The van der Waals surface area contributed by atoms with Crippen molar-refractivity contribution in [1.29, 1.82) is 0 Å². The van der Waals surface area contributed by atoms with Crippen LogP contribution in [-0.2, 0) is 11.3 Å². The van der Waals surface area contributed by atoms with Crippen molar-refractivity contribution in [3.63, 3.8) is 0 Å². The second-order valence-electron chi connectivity index (χ2n) is 10.4. The number of nitrogens with zero attached hydrogens (tertiary/aromatic N) is 7. The first kappa shape index (κ1) is 23.7. The SMILES string of the molecule is Cc1nc2ccccc2n1-c1nc(N2CCOCC2)c2nc(CN3CCC(C(C)(C)O)CC3)sc2n1. The van der Waals surface area contributed by atoms with Gasteiger partial charge >= 0.3 is 0 Å². The summed E-state index contributed by atoms with van der Waals surface area (Å²) >= 11 is 1.65. The number of ether oxygens (including phenoxy) is 1. The number of benzene rings is 1.